The van der Waals surface area contributed by atoms with Crippen molar-refractivity contribution >= 4 is 21.5 Å². The van der Waals surface area contributed by atoms with Gasteiger partial charge >= 0.3 is 0 Å². The predicted octanol–water partition coefficient (Wildman–Crippen LogP) is 5.90. The summed E-state index contributed by atoms with van der Waals surface area (Å²) < 4.78 is 0. The van der Waals surface area contributed by atoms with Crippen molar-refractivity contribution in [2.75, 3.05) is 0 Å². The standard InChI is InChI=1S/C19H20/c1-3-7-14(2)18-11-6-10-17-12-15-8-4-5-9-16(15)13-19(17)18/h4-6,8-14H,3,7H2,1-2H3. The van der Waals surface area contributed by atoms with Gasteiger partial charge in [-0.25, -0.2) is 0 Å². The topological polar surface area (TPSA) is 0 Å². The van der Waals surface area contributed by atoms with E-state index in [0.717, 1.165) is 0 Å². The van der Waals surface area contributed by atoms with Gasteiger partial charge in [-0.3, -0.25) is 0 Å². The molecule has 0 amide bonds. The summed E-state index contributed by atoms with van der Waals surface area (Å²) in [6.45, 7) is 4.60. The molecule has 3 aromatic carbocycles. The third kappa shape index (κ3) is 2.23. The predicted molar refractivity (Wildman–Crippen MR) is 84.8 cm³/mol. The third-order valence-electron chi connectivity index (χ3n) is 4.03. The molecule has 96 valence electrons. The van der Waals surface area contributed by atoms with Crippen molar-refractivity contribution < 1.29 is 0 Å². The van der Waals surface area contributed by atoms with Crippen molar-refractivity contribution in [2.24, 2.45) is 0 Å². The fraction of sp³-hybridized carbons (Fsp3) is 0.263. The summed E-state index contributed by atoms with van der Waals surface area (Å²) in [6, 6.07) is 20.0. The van der Waals surface area contributed by atoms with Crippen LogP contribution in [0.4, 0.5) is 0 Å². The van der Waals surface area contributed by atoms with E-state index in [1.54, 1.807) is 0 Å². The van der Waals surface area contributed by atoms with Crippen LogP contribution >= 0.6 is 0 Å². The number of rotatable bonds is 3. The normalized spacial score (nSPS) is 12.9. The van der Waals surface area contributed by atoms with Gasteiger partial charge in [0.05, 0.1) is 0 Å². The second-order valence-electron chi connectivity index (χ2n) is 5.46. The molecule has 0 saturated heterocycles. The lowest BCUT2D eigenvalue weighted by Crippen LogP contribution is -1.94. The van der Waals surface area contributed by atoms with Gasteiger partial charge in [0.2, 0.25) is 0 Å². The van der Waals surface area contributed by atoms with Gasteiger partial charge in [-0.15, -0.1) is 0 Å². The van der Waals surface area contributed by atoms with Crippen molar-refractivity contribution in [2.45, 2.75) is 32.6 Å². The Hall–Kier alpha value is -1.82. The van der Waals surface area contributed by atoms with Crippen LogP contribution < -0.4 is 0 Å². The molecule has 0 bridgehead atoms. The minimum Gasteiger partial charge on any atom is -0.0654 e. The van der Waals surface area contributed by atoms with Crippen LogP contribution in [0.5, 0.6) is 0 Å². The van der Waals surface area contributed by atoms with Crippen LogP contribution in [0.15, 0.2) is 54.6 Å². The van der Waals surface area contributed by atoms with Gasteiger partial charge in [0, 0.05) is 0 Å². The number of benzene rings is 3. The van der Waals surface area contributed by atoms with Gasteiger partial charge in [0.15, 0.2) is 0 Å². The van der Waals surface area contributed by atoms with E-state index < -0.39 is 0 Å². The minimum absolute atomic E-state index is 0.634. The van der Waals surface area contributed by atoms with Crippen LogP contribution in [0, 0.1) is 0 Å². The van der Waals surface area contributed by atoms with Crippen molar-refractivity contribution in [1.82, 2.24) is 0 Å². The maximum absolute atomic E-state index is 2.35. The highest BCUT2D eigenvalue weighted by Crippen LogP contribution is 2.31. The zero-order valence-corrected chi connectivity index (χ0v) is 11.7. The second-order valence-corrected chi connectivity index (χ2v) is 5.46. The maximum Gasteiger partial charge on any atom is -0.0143 e. The van der Waals surface area contributed by atoms with Crippen LogP contribution in [-0.4, -0.2) is 0 Å². The lowest BCUT2D eigenvalue weighted by molar-refractivity contribution is 0.669. The van der Waals surface area contributed by atoms with Gasteiger partial charge in [-0.2, -0.15) is 0 Å². The molecule has 0 aromatic heterocycles. The largest absolute Gasteiger partial charge is 0.0654 e. The Balaban J connectivity index is 2.26. The average molecular weight is 248 g/mol. The lowest BCUT2D eigenvalue weighted by Gasteiger charge is -2.14. The van der Waals surface area contributed by atoms with Crippen molar-refractivity contribution in [1.29, 1.82) is 0 Å². The Morgan fingerprint density at radius 1 is 0.842 bits per heavy atom. The summed E-state index contributed by atoms with van der Waals surface area (Å²) in [5.41, 5.74) is 1.49. The molecule has 0 N–H and O–H groups in total. The Kier molecular flexibility index (Phi) is 3.25. The van der Waals surface area contributed by atoms with E-state index in [1.807, 2.05) is 0 Å². The zero-order valence-electron chi connectivity index (χ0n) is 11.7. The number of fused-ring (bicyclic) bond motifs is 2. The highest BCUT2D eigenvalue weighted by atomic mass is 14.1. The summed E-state index contributed by atoms with van der Waals surface area (Å²) in [7, 11) is 0. The molecule has 0 nitrogen and oxygen atoms in total. The van der Waals surface area contributed by atoms with E-state index in [1.165, 1.54) is 39.9 Å². The molecular weight excluding hydrogens is 228 g/mol. The first-order valence-corrected chi connectivity index (χ1v) is 7.21. The molecule has 0 radical (unpaired) electrons. The highest BCUT2D eigenvalue weighted by molar-refractivity contribution is 5.99. The smallest absolute Gasteiger partial charge is 0.0143 e. The van der Waals surface area contributed by atoms with Gasteiger partial charge in [-0.1, -0.05) is 62.7 Å². The molecular formula is C19H20. The molecule has 1 unspecified atom stereocenters. The Morgan fingerprint density at radius 2 is 1.53 bits per heavy atom. The van der Waals surface area contributed by atoms with Crippen LogP contribution in [0.25, 0.3) is 21.5 Å². The Morgan fingerprint density at radius 3 is 2.26 bits per heavy atom. The van der Waals surface area contributed by atoms with Gasteiger partial charge in [-0.05, 0) is 51.6 Å². The van der Waals surface area contributed by atoms with E-state index >= 15 is 0 Å². The molecule has 0 saturated carbocycles. The quantitative estimate of drug-likeness (QED) is 0.506. The van der Waals surface area contributed by atoms with E-state index in [-0.39, 0.29) is 0 Å². The SMILES string of the molecule is CCCC(C)c1cccc2cc3ccccc3cc12. The summed E-state index contributed by atoms with van der Waals surface area (Å²) in [4.78, 5) is 0. The molecule has 0 heterocycles. The maximum atomic E-state index is 2.35. The van der Waals surface area contributed by atoms with Crippen LogP contribution in [0.3, 0.4) is 0 Å². The van der Waals surface area contributed by atoms with Crippen LogP contribution in [-0.2, 0) is 0 Å². The van der Waals surface area contributed by atoms with E-state index in [2.05, 4.69) is 68.4 Å². The fourth-order valence-corrected chi connectivity index (χ4v) is 3.01. The minimum atomic E-state index is 0.634. The van der Waals surface area contributed by atoms with E-state index in [9.17, 15) is 0 Å². The molecule has 3 rings (SSSR count). The summed E-state index contributed by atoms with van der Waals surface area (Å²) in [5, 5.41) is 5.45. The van der Waals surface area contributed by atoms with E-state index in [0.29, 0.717) is 5.92 Å². The fourth-order valence-electron chi connectivity index (χ4n) is 3.01. The molecule has 0 aliphatic heterocycles. The monoisotopic (exact) mass is 248 g/mol. The molecule has 0 aliphatic rings. The Labute approximate surface area is 115 Å². The number of hydrogen-bond acceptors (Lipinski definition) is 0. The first kappa shape index (κ1) is 12.2. The highest BCUT2D eigenvalue weighted by Gasteiger charge is 2.09. The molecule has 0 heteroatoms. The molecule has 3 aromatic rings. The molecule has 0 spiro atoms. The molecule has 0 fully saturated rings. The second kappa shape index (κ2) is 5.05. The zero-order chi connectivity index (χ0) is 13.2. The van der Waals surface area contributed by atoms with Crippen molar-refractivity contribution in [3.63, 3.8) is 0 Å². The van der Waals surface area contributed by atoms with Crippen LogP contribution in [0.2, 0.25) is 0 Å². The lowest BCUT2D eigenvalue weighted by atomic mass is 9.90. The van der Waals surface area contributed by atoms with Crippen LogP contribution in [0.1, 0.15) is 38.2 Å². The van der Waals surface area contributed by atoms with Gasteiger partial charge in [0.1, 0.15) is 0 Å². The van der Waals surface area contributed by atoms with Crippen molar-refractivity contribution in [3.8, 4) is 0 Å². The first-order valence-electron chi connectivity index (χ1n) is 7.21. The number of hydrogen-bond donors (Lipinski definition) is 0. The first-order chi connectivity index (χ1) is 9.29. The molecule has 19 heavy (non-hydrogen) atoms. The Bertz CT molecular complexity index is 709. The summed E-state index contributed by atoms with van der Waals surface area (Å²) >= 11 is 0. The average Bonchev–Trinajstić information content (AvgIpc) is 2.44. The molecule has 0 aliphatic carbocycles. The molecule has 1 atom stereocenters. The summed E-state index contributed by atoms with van der Waals surface area (Å²) in [5.74, 6) is 0.634. The van der Waals surface area contributed by atoms with Crippen molar-refractivity contribution in [3.05, 3.63) is 60.2 Å². The third-order valence-corrected chi connectivity index (χ3v) is 4.03. The van der Waals surface area contributed by atoms with E-state index in [4.69, 9.17) is 0 Å². The van der Waals surface area contributed by atoms with Gasteiger partial charge < -0.3 is 0 Å². The van der Waals surface area contributed by atoms with Gasteiger partial charge in [0.25, 0.3) is 0 Å². The summed E-state index contributed by atoms with van der Waals surface area (Å²) in [6.07, 6.45) is 2.50.